The third-order valence-electron chi connectivity index (χ3n) is 5.92. The molecule has 2 saturated heterocycles. The SMILES string of the molecule is CSC1OC(C(NC(=O)C2CC(SCc3ccc(Cl)cc3Cl)CN2)C(C)O)C(O)C(O)C1O. The third kappa shape index (κ3) is 6.69. The van der Waals surface area contributed by atoms with Crippen LogP contribution in [-0.2, 0) is 15.3 Å². The first-order valence-corrected chi connectivity index (χ1v) is 13.7. The van der Waals surface area contributed by atoms with Gasteiger partial charge in [0.15, 0.2) is 0 Å². The Morgan fingerprint density at radius 1 is 1.27 bits per heavy atom. The molecular formula is C21H30Cl2N2O6S2. The number of rotatable bonds is 8. The van der Waals surface area contributed by atoms with Gasteiger partial charge in [-0.3, -0.25) is 4.79 Å². The van der Waals surface area contributed by atoms with E-state index in [0.29, 0.717) is 28.8 Å². The van der Waals surface area contributed by atoms with Crippen molar-refractivity contribution in [3.05, 3.63) is 33.8 Å². The molecule has 0 radical (unpaired) electrons. The average molecular weight is 542 g/mol. The Bertz CT molecular complexity index is 821. The minimum absolute atomic E-state index is 0.187. The Kier molecular flexibility index (Phi) is 10.0. The fourth-order valence-electron chi connectivity index (χ4n) is 3.98. The van der Waals surface area contributed by atoms with Crippen molar-refractivity contribution in [2.45, 2.75) is 72.4 Å². The van der Waals surface area contributed by atoms with Gasteiger partial charge in [-0.1, -0.05) is 29.3 Å². The van der Waals surface area contributed by atoms with Gasteiger partial charge in [0.25, 0.3) is 0 Å². The Balaban J connectivity index is 1.57. The second kappa shape index (κ2) is 12.1. The second-order valence-corrected chi connectivity index (χ2v) is 11.4. The normalized spacial score (nSPS) is 34.1. The van der Waals surface area contributed by atoms with Crippen molar-refractivity contribution in [2.24, 2.45) is 0 Å². The topological polar surface area (TPSA) is 131 Å². The van der Waals surface area contributed by atoms with Crippen LogP contribution in [0.2, 0.25) is 10.0 Å². The molecule has 186 valence electrons. The molecule has 3 rings (SSSR count). The zero-order valence-corrected chi connectivity index (χ0v) is 21.4. The van der Waals surface area contributed by atoms with Crippen molar-refractivity contribution in [1.82, 2.24) is 10.6 Å². The van der Waals surface area contributed by atoms with Crippen molar-refractivity contribution < 1.29 is 30.0 Å². The monoisotopic (exact) mass is 540 g/mol. The van der Waals surface area contributed by atoms with Gasteiger partial charge in [-0.15, -0.1) is 11.8 Å². The molecule has 2 aliphatic heterocycles. The number of hydrogen-bond donors (Lipinski definition) is 6. The van der Waals surface area contributed by atoms with Crippen LogP contribution >= 0.6 is 46.7 Å². The molecule has 1 aromatic carbocycles. The maximum atomic E-state index is 12.9. The Morgan fingerprint density at radius 2 is 2.00 bits per heavy atom. The van der Waals surface area contributed by atoms with Crippen molar-refractivity contribution in [2.75, 3.05) is 12.8 Å². The highest BCUT2D eigenvalue weighted by Gasteiger charge is 2.48. The lowest BCUT2D eigenvalue weighted by Gasteiger charge is -2.44. The van der Waals surface area contributed by atoms with E-state index < -0.39 is 48.0 Å². The fourth-order valence-corrected chi connectivity index (χ4v) is 6.43. The third-order valence-corrected chi connectivity index (χ3v) is 8.67. The Morgan fingerprint density at radius 3 is 2.64 bits per heavy atom. The molecule has 8 nitrogen and oxygen atoms in total. The molecule has 1 aromatic rings. The van der Waals surface area contributed by atoms with E-state index in [4.69, 9.17) is 27.9 Å². The van der Waals surface area contributed by atoms with E-state index in [-0.39, 0.29) is 11.2 Å². The minimum Gasteiger partial charge on any atom is -0.391 e. The zero-order valence-electron chi connectivity index (χ0n) is 18.2. The van der Waals surface area contributed by atoms with Crippen LogP contribution in [0.15, 0.2) is 18.2 Å². The van der Waals surface area contributed by atoms with Crippen LogP contribution in [0.25, 0.3) is 0 Å². The molecule has 0 spiro atoms. The number of ether oxygens (including phenoxy) is 1. The van der Waals surface area contributed by atoms with Gasteiger partial charge in [0.1, 0.15) is 29.9 Å². The van der Waals surface area contributed by atoms with Crippen molar-refractivity contribution >= 4 is 52.6 Å². The molecule has 2 fully saturated rings. The summed E-state index contributed by atoms with van der Waals surface area (Å²) in [5.41, 5.74) is 0.178. The quantitative estimate of drug-likeness (QED) is 0.285. The van der Waals surface area contributed by atoms with Gasteiger partial charge < -0.3 is 35.8 Å². The molecule has 33 heavy (non-hydrogen) atoms. The summed E-state index contributed by atoms with van der Waals surface area (Å²) in [6, 6.07) is 3.95. The maximum Gasteiger partial charge on any atom is 0.237 e. The van der Waals surface area contributed by atoms with Crippen molar-refractivity contribution in [3.8, 4) is 0 Å². The largest absolute Gasteiger partial charge is 0.391 e. The number of carbonyl (C=O) groups is 1. The van der Waals surface area contributed by atoms with Crippen LogP contribution in [0.1, 0.15) is 18.9 Å². The summed E-state index contributed by atoms with van der Waals surface area (Å²) < 4.78 is 5.73. The number of carbonyl (C=O) groups excluding carboxylic acids is 1. The summed E-state index contributed by atoms with van der Waals surface area (Å²) in [6.45, 7) is 2.11. The second-order valence-electron chi connectivity index (χ2n) is 8.32. The summed E-state index contributed by atoms with van der Waals surface area (Å²) in [6.07, 6.45) is -4.06. The summed E-state index contributed by atoms with van der Waals surface area (Å²) in [7, 11) is 0. The summed E-state index contributed by atoms with van der Waals surface area (Å²) in [5, 5.41) is 48.3. The first-order valence-electron chi connectivity index (χ1n) is 10.6. The predicted molar refractivity (Wildman–Crippen MR) is 132 cm³/mol. The van der Waals surface area contributed by atoms with E-state index in [1.165, 1.54) is 18.7 Å². The van der Waals surface area contributed by atoms with Gasteiger partial charge in [0.2, 0.25) is 5.91 Å². The smallest absolute Gasteiger partial charge is 0.237 e. The number of benzene rings is 1. The molecule has 0 aliphatic carbocycles. The number of halogens is 2. The van der Waals surface area contributed by atoms with Crippen LogP contribution in [0.5, 0.6) is 0 Å². The highest BCUT2D eigenvalue weighted by atomic mass is 35.5. The number of aliphatic hydroxyl groups excluding tert-OH is 4. The molecule has 6 N–H and O–H groups in total. The molecule has 0 saturated carbocycles. The number of thioether (sulfide) groups is 2. The van der Waals surface area contributed by atoms with Crippen LogP contribution in [0.3, 0.4) is 0 Å². The van der Waals surface area contributed by atoms with E-state index >= 15 is 0 Å². The van der Waals surface area contributed by atoms with Gasteiger partial charge in [-0.25, -0.2) is 0 Å². The van der Waals surface area contributed by atoms with Crippen LogP contribution in [-0.4, -0.2) is 92.4 Å². The Labute approximate surface area is 211 Å². The lowest BCUT2D eigenvalue weighted by molar-refractivity contribution is -0.211. The number of aliphatic hydroxyl groups is 4. The average Bonchev–Trinajstić information content (AvgIpc) is 3.25. The maximum absolute atomic E-state index is 12.9. The number of amides is 1. The van der Waals surface area contributed by atoms with Crippen molar-refractivity contribution in [1.29, 1.82) is 0 Å². The molecule has 2 aliphatic rings. The van der Waals surface area contributed by atoms with Gasteiger partial charge in [0.05, 0.1) is 18.2 Å². The van der Waals surface area contributed by atoms with Crippen LogP contribution < -0.4 is 10.6 Å². The van der Waals surface area contributed by atoms with Crippen molar-refractivity contribution in [3.63, 3.8) is 0 Å². The molecular weight excluding hydrogens is 511 g/mol. The van der Waals surface area contributed by atoms with E-state index in [1.807, 2.05) is 6.07 Å². The predicted octanol–water partition coefficient (Wildman–Crippen LogP) is 0.993. The van der Waals surface area contributed by atoms with Gasteiger partial charge in [-0.2, -0.15) is 11.8 Å². The highest BCUT2D eigenvalue weighted by molar-refractivity contribution is 7.99. The molecule has 12 heteroatoms. The standard InChI is InChI=1S/C21H30Cl2N2O6S2/c1-9(26)15(19-17(28)16(27)18(29)21(31-19)32-2)25-20(30)14-6-12(7-24-14)33-8-10-3-4-11(22)5-13(10)23/h3-5,9,12,14-19,21,24,26-29H,6-8H2,1-2H3,(H,25,30). The minimum atomic E-state index is -1.47. The number of nitrogens with one attached hydrogen (secondary N) is 2. The Hall–Kier alpha value is -0.270. The summed E-state index contributed by atoms with van der Waals surface area (Å²) in [5.74, 6) is 0.358. The summed E-state index contributed by atoms with van der Waals surface area (Å²) in [4.78, 5) is 12.9. The molecule has 0 bridgehead atoms. The lowest BCUT2D eigenvalue weighted by atomic mass is 9.92. The molecule has 1 amide bonds. The molecule has 9 atom stereocenters. The summed E-state index contributed by atoms with van der Waals surface area (Å²) >= 11 is 15.0. The van der Waals surface area contributed by atoms with Crippen LogP contribution in [0.4, 0.5) is 0 Å². The lowest BCUT2D eigenvalue weighted by Crippen LogP contribution is -2.65. The van der Waals surface area contributed by atoms with Crippen LogP contribution in [0, 0.1) is 0 Å². The fraction of sp³-hybridized carbons (Fsp3) is 0.667. The number of hydrogen-bond acceptors (Lipinski definition) is 9. The molecule has 0 aromatic heterocycles. The van der Waals surface area contributed by atoms with Gasteiger partial charge in [-0.05, 0) is 37.3 Å². The first-order chi connectivity index (χ1) is 15.6. The first kappa shape index (κ1) is 27.3. The van der Waals surface area contributed by atoms with E-state index in [1.54, 1.807) is 30.2 Å². The van der Waals surface area contributed by atoms with E-state index in [2.05, 4.69) is 10.6 Å². The molecule has 2 heterocycles. The van der Waals surface area contributed by atoms with E-state index in [9.17, 15) is 25.2 Å². The van der Waals surface area contributed by atoms with Gasteiger partial charge >= 0.3 is 0 Å². The molecule has 9 unspecified atom stereocenters. The van der Waals surface area contributed by atoms with E-state index in [0.717, 1.165) is 5.56 Å². The zero-order chi connectivity index (χ0) is 24.3. The highest BCUT2D eigenvalue weighted by Crippen LogP contribution is 2.31. The van der Waals surface area contributed by atoms with Gasteiger partial charge in [0, 0.05) is 27.6 Å².